The first-order valence-corrected chi connectivity index (χ1v) is 4.76. The van der Waals surface area contributed by atoms with Gasteiger partial charge in [0, 0.05) is 20.4 Å². The van der Waals surface area contributed by atoms with E-state index in [1.54, 1.807) is 31.2 Å². The average Bonchev–Trinajstić information content (AvgIpc) is 2.50. The van der Waals surface area contributed by atoms with E-state index < -0.39 is 5.60 Å². The summed E-state index contributed by atoms with van der Waals surface area (Å²) in [6, 6.07) is 0. The summed E-state index contributed by atoms with van der Waals surface area (Å²) in [6.07, 6.45) is 6.07. The van der Waals surface area contributed by atoms with Gasteiger partial charge < -0.3 is 4.74 Å². The highest BCUT2D eigenvalue weighted by Crippen LogP contribution is 2.37. The third kappa shape index (κ3) is 1.26. The molecule has 0 atom stereocenters. The van der Waals surface area contributed by atoms with Crippen LogP contribution in [-0.4, -0.2) is 28.3 Å². The molecule has 4 heteroatoms. The topological polar surface area (TPSA) is 44.1 Å². The fourth-order valence-corrected chi connectivity index (χ4v) is 1.82. The van der Waals surface area contributed by atoms with Gasteiger partial charge in [-0.1, -0.05) is 0 Å². The first-order chi connectivity index (χ1) is 6.68. The molecule has 0 amide bonds. The van der Waals surface area contributed by atoms with Gasteiger partial charge in [0.15, 0.2) is 5.78 Å². The second kappa shape index (κ2) is 3.20. The lowest BCUT2D eigenvalue weighted by Gasteiger charge is -2.38. The number of ether oxygens (including phenoxy) is 1. The second-order valence-electron chi connectivity index (χ2n) is 3.78. The van der Waals surface area contributed by atoms with Crippen LogP contribution >= 0.6 is 0 Å². The van der Waals surface area contributed by atoms with Crippen LogP contribution < -0.4 is 0 Å². The van der Waals surface area contributed by atoms with Crippen molar-refractivity contribution in [2.24, 2.45) is 7.05 Å². The molecule has 76 valence electrons. The number of nitrogens with zero attached hydrogens (tertiary/aromatic N) is 2. The SMILES string of the molecule is COC1(C(=O)c2cnn(C)c2)CCC1. The fraction of sp³-hybridized carbons (Fsp3) is 0.600. The molecule has 0 saturated heterocycles. The van der Waals surface area contributed by atoms with Crippen molar-refractivity contribution in [1.82, 2.24) is 9.78 Å². The summed E-state index contributed by atoms with van der Waals surface area (Å²) in [5.74, 6) is 0.0688. The minimum Gasteiger partial charge on any atom is -0.370 e. The summed E-state index contributed by atoms with van der Waals surface area (Å²) in [5, 5.41) is 3.98. The molecule has 0 aromatic carbocycles. The van der Waals surface area contributed by atoms with E-state index in [-0.39, 0.29) is 5.78 Å². The van der Waals surface area contributed by atoms with Gasteiger partial charge in [-0.05, 0) is 19.3 Å². The van der Waals surface area contributed by atoms with Crippen LogP contribution in [-0.2, 0) is 11.8 Å². The summed E-state index contributed by atoms with van der Waals surface area (Å²) in [6.45, 7) is 0. The minimum atomic E-state index is -0.553. The Hall–Kier alpha value is -1.16. The number of hydrogen-bond acceptors (Lipinski definition) is 3. The molecule has 1 aliphatic carbocycles. The summed E-state index contributed by atoms with van der Waals surface area (Å²) in [5.41, 5.74) is 0.0947. The molecule has 0 N–H and O–H groups in total. The van der Waals surface area contributed by atoms with Gasteiger partial charge in [0.1, 0.15) is 5.60 Å². The molecule has 1 fully saturated rings. The number of Topliss-reactive ketones (excluding diaryl/α,β-unsaturated/α-hetero) is 1. The van der Waals surface area contributed by atoms with Gasteiger partial charge in [0.2, 0.25) is 0 Å². The molecule has 1 aliphatic rings. The maximum absolute atomic E-state index is 12.0. The Bertz CT molecular complexity index is 347. The standard InChI is InChI=1S/C10H14N2O2/c1-12-7-8(6-11-12)9(13)10(14-2)4-3-5-10/h6-7H,3-5H2,1-2H3. The van der Waals surface area contributed by atoms with Crippen molar-refractivity contribution in [1.29, 1.82) is 0 Å². The van der Waals surface area contributed by atoms with Crippen LogP contribution in [0.3, 0.4) is 0 Å². The number of aryl methyl sites for hydroxylation is 1. The van der Waals surface area contributed by atoms with Crippen molar-refractivity contribution in [2.75, 3.05) is 7.11 Å². The Kier molecular flexibility index (Phi) is 2.15. The molecule has 0 bridgehead atoms. The molecule has 0 spiro atoms. The zero-order valence-electron chi connectivity index (χ0n) is 8.49. The van der Waals surface area contributed by atoms with Crippen molar-refractivity contribution >= 4 is 5.78 Å². The van der Waals surface area contributed by atoms with Crippen LogP contribution in [0.1, 0.15) is 29.6 Å². The van der Waals surface area contributed by atoms with Gasteiger partial charge in [0.05, 0.1) is 11.8 Å². The highest BCUT2D eigenvalue weighted by Gasteiger charge is 2.44. The molecule has 0 radical (unpaired) electrons. The van der Waals surface area contributed by atoms with E-state index >= 15 is 0 Å². The number of ketones is 1. The summed E-state index contributed by atoms with van der Waals surface area (Å²) < 4.78 is 6.95. The third-order valence-electron chi connectivity index (χ3n) is 2.93. The summed E-state index contributed by atoms with van der Waals surface area (Å²) >= 11 is 0. The fourth-order valence-electron chi connectivity index (χ4n) is 1.82. The first-order valence-electron chi connectivity index (χ1n) is 4.76. The lowest BCUT2D eigenvalue weighted by atomic mass is 9.75. The number of carbonyl (C=O) groups is 1. The summed E-state index contributed by atoms with van der Waals surface area (Å²) in [7, 11) is 3.41. The van der Waals surface area contributed by atoms with E-state index in [4.69, 9.17) is 4.74 Å². The smallest absolute Gasteiger partial charge is 0.197 e. The van der Waals surface area contributed by atoms with E-state index in [0.29, 0.717) is 5.56 Å². The first kappa shape index (κ1) is 9.40. The molecule has 1 aromatic heterocycles. The highest BCUT2D eigenvalue weighted by molar-refractivity contribution is 6.02. The van der Waals surface area contributed by atoms with E-state index in [1.165, 1.54) is 0 Å². The van der Waals surface area contributed by atoms with Crippen LogP contribution in [0, 0.1) is 0 Å². The van der Waals surface area contributed by atoms with Gasteiger partial charge >= 0.3 is 0 Å². The number of rotatable bonds is 3. The number of aromatic nitrogens is 2. The predicted molar refractivity (Wildman–Crippen MR) is 51.1 cm³/mol. The Balaban J connectivity index is 2.23. The normalized spacial score (nSPS) is 19.0. The molecule has 0 unspecified atom stereocenters. The second-order valence-corrected chi connectivity index (χ2v) is 3.78. The average molecular weight is 194 g/mol. The van der Waals surface area contributed by atoms with Crippen LogP contribution in [0.25, 0.3) is 0 Å². The van der Waals surface area contributed by atoms with Crippen molar-refractivity contribution in [3.05, 3.63) is 18.0 Å². The van der Waals surface area contributed by atoms with E-state index in [0.717, 1.165) is 19.3 Å². The van der Waals surface area contributed by atoms with Gasteiger partial charge in [-0.2, -0.15) is 5.10 Å². The molecule has 14 heavy (non-hydrogen) atoms. The quantitative estimate of drug-likeness (QED) is 0.678. The van der Waals surface area contributed by atoms with Gasteiger partial charge in [0.25, 0.3) is 0 Å². The maximum atomic E-state index is 12.0. The van der Waals surface area contributed by atoms with Crippen molar-refractivity contribution in [2.45, 2.75) is 24.9 Å². The van der Waals surface area contributed by atoms with Crippen molar-refractivity contribution in [3.8, 4) is 0 Å². The van der Waals surface area contributed by atoms with E-state index in [9.17, 15) is 4.79 Å². The van der Waals surface area contributed by atoms with Gasteiger partial charge in [-0.15, -0.1) is 0 Å². The van der Waals surface area contributed by atoms with Crippen LogP contribution in [0.5, 0.6) is 0 Å². The third-order valence-corrected chi connectivity index (χ3v) is 2.93. The lowest BCUT2D eigenvalue weighted by Crippen LogP contribution is -2.46. The molecule has 1 aromatic rings. The van der Waals surface area contributed by atoms with Crippen LogP contribution in [0.15, 0.2) is 12.4 Å². The Morgan fingerprint density at radius 3 is 2.71 bits per heavy atom. The molecule has 2 rings (SSSR count). The largest absolute Gasteiger partial charge is 0.370 e. The van der Waals surface area contributed by atoms with E-state index in [2.05, 4.69) is 5.10 Å². The Morgan fingerprint density at radius 1 is 1.64 bits per heavy atom. The molecular weight excluding hydrogens is 180 g/mol. The van der Waals surface area contributed by atoms with Crippen LogP contribution in [0.4, 0.5) is 0 Å². The number of carbonyl (C=O) groups excluding carboxylic acids is 1. The molecular formula is C10H14N2O2. The Morgan fingerprint density at radius 2 is 2.36 bits per heavy atom. The number of methoxy groups -OCH3 is 1. The van der Waals surface area contributed by atoms with Crippen molar-refractivity contribution < 1.29 is 9.53 Å². The predicted octanol–water partition coefficient (Wildman–Crippen LogP) is 1.17. The molecule has 1 saturated carbocycles. The molecule has 4 nitrogen and oxygen atoms in total. The molecule has 0 aliphatic heterocycles. The Labute approximate surface area is 82.9 Å². The zero-order valence-corrected chi connectivity index (χ0v) is 8.49. The maximum Gasteiger partial charge on any atom is 0.197 e. The van der Waals surface area contributed by atoms with Crippen molar-refractivity contribution in [3.63, 3.8) is 0 Å². The number of hydrogen-bond donors (Lipinski definition) is 0. The monoisotopic (exact) mass is 194 g/mol. The van der Waals surface area contributed by atoms with E-state index in [1.807, 2.05) is 0 Å². The zero-order chi connectivity index (χ0) is 10.2. The lowest BCUT2D eigenvalue weighted by molar-refractivity contribution is -0.0448. The van der Waals surface area contributed by atoms with Gasteiger partial charge in [-0.25, -0.2) is 0 Å². The minimum absolute atomic E-state index is 0.0688. The molecule has 1 heterocycles. The summed E-state index contributed by atoms with van der Waals surface area (Å²) in [4.78, 5) is 12.0. The highest BCUT2D eigenvalue weighted by atomic mass is 16.5. The van der Waals surface area contributed by atoms with Crippen LogP contribution in [0.2, 0.25) is 0 Å². The van der Waals surface area contributed by atoms with Gasteiger partial charge in [-0.3, -0.25) is 9.48 Å².